The number of carbonyl (C=O) groups is 2. The molecule has 0 aliphatic carbocycles. The number of ether oxygens (including phenoxy) is 1. The maximum absolute atomic E-state index is 11.2. The Kier molecular flexibility index (Phi) is 7.95. The van der Waals surface area contributed by atoms with E-state index in [1.807, 2.05) is 6.92 Å². The Morgan fingerprint density at radius 2 is 1.86 bits per heavy atom. The fraction of sp³-hybridized carbons (Fsp3) is 0.467. The van der Waals surface area contributed by atoms with Crippen LogP contribution in [-0.2, 0) is 14.3 Å². The first-order chi connectivity index (χ1) is 10.5. The maximum Gasteiger partial charge on any atom is 0.305 e. The Balaban J connectivity index is 2.32. The zero-order valence-corrected chi connectivity index (χ0v) is 12.5. The number of benzene rings is 1. The highest BCUT2D eigenvalue weighted by Crippen LogP contribution is 2.13. The van der Waals surface area contributed by atoms with Gasteiger partial charge in [-0.25, -0.2) is 0 Å². The van der Waals surface area contributed by atoms with Gasteiger partial charge in [0.05, 0.1) is 0 Å². The van der Waals surface area contributed by atoms with E-state index in [0.717, 1.165) is 5.69 Å². The van der Waals surface area contributed by atoms with Gasteiger partial charge in [-0.1, -0.05) is 6.92 Å². The largest absolute Gasteiger partial charge is 0.463 e. The minimum absolute atomic E-state index is 0.0452. The Bertz CT molecular complexity index is 475. The van der Waals surface area contributed by atoms with Gasteiger partial charge in [0.15, 0.2) is 0 Å². The SMILES string of the molecule is CCCC(=O)OC[C@H](O)CNc1ccc(NC(=O)CO)cc1. The minimum Gasteiger partial charge on any atom is -0.463 e. The van der Waals surface area contributed by atoms with Crippen molar-refractivity contribution in [1.29, 1.82) is 0 Å². The summed E-state index contributed by atoms with van der Waals surface area (Å²) in [7, 11) is 0. The summed E-state index contributed by atoms with van der Waals surface area (Å²) in [5.74, 6) is -0.796. The van der Waals surface area contributed by atoms with E-state index in [4.69, 9.17) is 9.84 Å². The molecule has 0 bridgehead atoms. The first kappa shape index (κ1) is 17.9. The molecule has 1 atom stereocenters. The molecule has 0 unspecified atom stereocenters. The van der Waals surface area contributed by atoms with Crippen molar-refractivity contribution in [3.63, 3.8) is 0 Å². The third-order valence-corrected chi connectivity index (χ3v) is 2.74. The molecule has 0 radical (unpaired) electrons. The van der Waals surface area contributed by atoms with Crippen LogP contribution in [0.15, 0.2) is 24.3 Å². The molecule has 22 heavy (non-hydrogen) atoms. The van der Waals surface area contributed by atoms with E-state index in [0.29, 0.717) is 18.5 Å². The molecule has 0 saturated heterocycles. The van der Waals surface area contributed by atoms with Crippen LogP contribution in [-0.4, -0.2) is 48.0 Å². The highest BCUT2D eigenvalue weighted by Gasteiger charge is 2.08. The van der Waals surface area contributed by atoms with Gasteiger partial charge in [0.2, 0.25) is 5.91 Å². The van der Waals surface area contributed by atoms with E-state index in [-0.39, 0.29) is 19.1 Å². The molecule has 1 rings (SSSR count). The third-order valence-electron chi connectivity index (χ3n) is 2.74. The van der Waals surface area contributed by atoms with E-state index < -0.39 is 18.6 Å². The molecule has 0 aromatic heterocycles. The summed E-state index contributed by atoms with van der Waals surface area (Å²) >= 11 is 0. The van der Waals surface area contributed by atoms with Crippen molar-refractivity contribution in [2.45, 2.75) is 25.9 Å². The van der Waals surface area contributed by atoms with Crippen LogP contribution in [0.2, 0.25) is 0 Å². The lowest BCUT2D eigenvalue weighted by Gasteiger charge is -2.13. The van der Waals surface area contributed by atoms with Crippen LogP contribution in [0, 0.1) is 0 Å². The molecule has 0 fully saturated rings. The Hall–Kier alpha value is -2.12. The molecule has 0 aliphatic rings. The Morgan fingerprint density at radius 3 is 2.45 bits per heavy atom. The third kappa shape index (κ3) is 7.05. The summed E-state index contributed by atoms with van der Waals surface area (Å²) in [6.07, 6.45) is 0.266. The van der Waals surface area contributed by atoms with E-state index >= 15 is 0 Å². The highest BCUT2D eigenvalue weighted by atomic mass is 16.5. The van der Waals surface area contributed by atoms with Crippen molar-refractivity contribution in [3.8, 4) is 0 Å². The van der Waals surface area contributed by atoms with Crippen LogP contribution < -0.4 is 10.6 Å². The number of carbonyl (C=O) groups excluding carboxylic acids is 2. The quantitative estimate of drug-likeness (QED) is 0.501. The zero-order chi connectivity index (χ0) is 16.4. The molecular weight excluding hydrogens is 288 g/mol. The van der Waals surface area contributed by atoms with Crippen molar-refractivity contribution in [1.82, 2.24) is 0 Å². The molecule has 4 N–H and O–H groups in total. The standard InChI is InChI=1S/C15H22N2O5/c1-2-3-15(21)22-10-13(19)8-16-11-4-6-12(7-5-11)17-14(20)9-18/h4-7,13,16,18-19H,2-3,8-10H2,1H3,(H,17,20)/t13-/m1/s1. The number of esters is 1. The van der Waals surface area contributed by atoms with Crippen molar-refractivity contribution in [2.24, 2.45) is 0 Å². The second kappa shape index (κ2) is 9.75. The molecular formula is C15H22N2O5. The van der Waals surface area contributed by atoms with Gasteiger partial charge >= 0.3 is 5.97 Å². The number of nitrogens with one attached hydrogen (secondary N) is 2. The number of aliphatic hydroxyl groups excluding tert-OH is 2. The molecule has 1 aromatic rings. The summed E-state index contributed by atoms with van der Waals surface area (Å²) in [5.41, 5.74) is 1.32. The van der Waals surface area contributed by atoms with Crippen LogP contribution in [0.1, 0.15) is 19.8 Å². The molecule has 0 aliphatic heterocycles. The fourth-order valence-electron chi connectivity index (χ4n) is 1.63. The van der Waals surface area contributed by atoms with Crippen molar-refractivity contribution in [3.05, 3.63) is 24.3 Å². The first-order valence-electron chi connectivity index (χ1n) is 7.13. The lowest BCUT2D eigenvalue weighted by molar-refractivity contribution is -0.146. The normalized spacial score (nSPS) is 11.6. The van der Waals surface area contributed by atoms with Crippen LogP contribution in [0.3, 0.4) is 0 Å². The maximum atomic E-state index is 11.2. The lowest BCUT2D eigenvalue weighted by atomic mass is 10.2. The number of aliphatic hydroxyl groups is 2. The van der Waals surface area contributed by atoms with E-state index in [2.05, 4.69) is 10.6 Å². The Labute approximate surface area is 129 Å². The van der Waals surface area contributed by atoms with Gasteiger partial charge in [-0.05, 0) is 30.7 Å². The number of anilines is 2. The number of hydrogen-bond acceptors (Lipinski definition) is 6. The van der Waals surface area contributed by atoms with Crippen molar-refractivity contribution in [2.75, 3.05) is 30.4 Å². The monoisotopic (exact) mass is 310 g/mol. The zero-order valence-electron chi connectivity index (χ0n) is 12.5. The molecule has 7 nitrogen and oxygen atoms in total. The average molecular weight is 310 g/mol. The Morgan fingerprint density at radius 1 is 1.23 bits per heavy atom. The van der Waals surface area contributed by atoms with Gasteiger partial charge in [0, 0.05) is 24.3 Å². The van der Waals surface area contributed by atoms with Gasteiger partial charge in [0.1, 0.15) is 19.3 Å². The molecule has 0 saturated carbocycles. The lowest BCUT2D eigenvalue weighted by Crippen LogP contribution is -2.26. The summed E-state index contributed by atoms with van der Waals surface area (Å²) in [6, 6.07) is 6.79. The fourth-order valence-corrected chi connectivity index (χ4v) is 1.63. The molecule has 122 valence electrons. The summed E-state index contributed by atoms with van der Waals surface area (Å²) < 4.78 is 4.91. The average Bonchev–Trinajstić information content (AvgIpc) is 2.52. The second-order valence-corrected chi connectivity index (χ2v) is 4.75. The van der Waals surface area contributed by atoms with Gasteiger partial charge in [0.25, 0.3) is 0 Å². The highest BCUT2D eigenvalue weighted by molar-refractivity contribution is 5.91. The molecule has 0 heterocycles. The van der Waals surface area contributed by atoms with Gasteiger partial charge in [-0.3, -0.25) is 9.59 Å². The number of amides is 1. The predicted molar refractivity (Wildman–Crippen MR) is 82.5 cm³/mol. The van der Waals surface area contributed by atoms with E-state index in [1.165, 1.54) is 0 Å². The number of hydrogen-bond donors (Lipinski definition) is 4. The topological polar surface area (TPSA) is 108 Å². The minimum atomic E-state index is -0.797. The van der Waals surface area contributed by atoms with Gasteiger partial charge < -0.3 is 25.6 Å². The van der Waals surface area contributed by atoms with Gasteiger partial charge in [-0.15, -0.1) is 0 Å². The van der Waals surface area contributed by atoms with E-state index in [9.17, 15) is 14.7 Å². The van der Waals surface area contributed by atoms with Crippen molar-refractivity contribution < 1.29 is 24.5 Å². The molecule has 1 amide bonds. The smallest absolute Gasteiger partial charge is 0.305 e. The molecule has 7 heteroatoms. The van der Waals surface area contributed by atoms with Crippen molar-refractivity contribution >= 4 is 23.3 Å². The van der Waals surface area contributed by atoms with Crippen LogP contribution in [0.25, 0.3) is 0 Å². The van der Waals surface area contributed by atoms with Crippen LogP contribution in [0.5, 0.6) is 0 Å². The predicted octanol–water partition coefficient (Wildman–Crippen LogP) is 0.733. The van der Waals surface area contributed by atoms with Crippen LogP contribution >= 0.6 is 0 Å². The first-order valence-corrected chi connectivity index (χ1v) is 7.13. The van der Waals surface area contributed by atoms with Crippen LogP contribution in [0.4, 0.5) is 11.4 Å². The summed E-state index contributed by atoms with van der Waals surface area (Å²) in [4.78, 5) is 22.2. The summed E-state index contributed by atoms with van der Waals surface area (Å²) in [6.45, 7) is 1.51. The molecule has 1 aromatic carbocycles. The van der Waals surface area contributed by atoms with E-state index in [1.54, 1.807) is 24.3 Å². The second-order valence-electron chi connectivity index (χ2n) is 4.75. The van der Waals surface area contributed by atoms with Gasteiger partial charge in [-0.2, -0.15) is 0 Å². The molecule has 0 spiro atoms. The summed E-state index contributed by atoms with van der Waals surface area (Å²) in [5, 5.41) is 23.8. The number of rotatable bonds is 9.